The average molecular weight is 255 g/mol. The molecule has 0 aromatic carbocycles. The van der Waals surface area contributed by atoms with Gasteiger partial charge in [-0.05, 0) is 12.1 Å². The second kappa shape index (κ2) is 5.72. The zero-order valence-electron chi connectivity index (χ0n) is 9.37. The number of likely N-dealkylation sites (N-methyl/N-ethyl adjacent to an activating group) is 1. The minimum absolute atomic E-state index is 0.0202. The molecule has 92 valence electrons. The first kappa shape index (κ1) is 13.6. The highest BCUT2D eigenvalue weighted by Gasteiger charge is 2.22. The van der Waals surface area contributed by atoms with Gasteiger partial charge < -0.3 is 5.11 Å². The maximum Gasteiger partial charge on any atom is 0.244 e. The number of rotatable bonds is 5. The molecule has 7 heteroatoms. The molecule has 0 aliphatic carbocycles. The number of aromatic nitrogens is 1. The highest BCUT2D eigenvalue weighted by molar-refractivity contribution is 7.89. The summed E-state index contributed by atoms with van der Waals surface area (Å²) >= 11 is 0. The van der Waals surface area contributed by atoms with Crippen LogP contribution >= 0.6 is 0 Å². The van der Waals surface area contributed by atoms with Gasteiger partial charge in [-0.2, -0.15) is 9.57 Å². The number of hydrogen-bond donors (Lipinski definition) is 1. The summed E-state index contributed by atoms with van der Waals surface area (Å²) in [7, 11) is -3.64. The molecule has 0 aliphatic rings. The van der Waals surface area contributed by atoms with Crippen molar-refractivity contribution in [3.63, 3.8) is 0 Å². The Hall–Kier alpha value is -1.49. The topological polar surface area (TPSA) is 94.3 Å². The van der Waals surface area contributed by atoms with Gasteiger partial charge in [0.2, 0.25) is 10.0 Å². The van der Waals surface area contributed by atoms with E-state index in [1.165, 1.54) is 12.1 Å². The van der Waals surface area contributed by atoms with Crippen molar-refractivity contribution in [2.75, 3.05) is 19.7 Å². The summed E-state index contributed by atoms with van der Waals surface area (Å²) in [6, 6.07) is 4.50. The number of nitrogens with zero attached hydrogens (tertiary/aromatic N) is 3. The van der Waals surface area contributed by atoms with E-state index in [-0.39, 0.29) is 30.3 Å². The summed E-state index contributed by atoms with van der Waals surface area (Å²) in [4.78, 5) is 3.73. The largest absolute Gasteiger partial charge is 0.395 e. The number of aliphatic hydroxyl groups excluding tert-OH is 1. The van der Waals surface area contributed by atoms with Crippen LogP contribution in [0.3, 0.4) is 0 Å². The molecule has 0 radical (unpaired) electrons. The van der Waals surface area contributed by atoms with Crippen molar-refractivity contribution in [1.29, 1.82) is 5.26 Å². The zero-order chi connectivity index (χ0) is 12.9. The summed E-state index contributed by atoms with van der Waals surface area (Å²) in [5, 5.41) is 17.4. The van der Waals surface area contributed by atoms with E-state index >= 15 is 0 Å². The molecule has 0 saturated heterocycles. The van der Waals surface area contributed by atoms with Crippen LogP contribution in [0, 0.1) is 11.3 Å². The van der Waals surface area contributed by atoms with Crippen LogP contribution in [0.4, 0.5) is 0 Å². The minimum Gasteiger partial charge on any atom is -0.395 e. The molecule has 1 rings (SSSR count). The van der Waals surface area contributed by atoms with E-state index < -0.39 is 10.0 Å². The third kappa shape index (κ3) is 3.00. The Bertz CT molecular complexity index is 505. The van der Waals surface area contributed by atoms with Crippen molar-refractivity contribution in [3.05, 3.63) is 24.0 Å². The van der Waals surface area contributed by atoms with E-state index in [0.29, 0.717) is 0 Å². The SMILES string of the molecule is CCN(CCO)S(=O)(=O)c1ccc(C#N)nc1. The third-order valence-corrected chi connectivity index (χ3v) is 4.15. The first-order valence-electron chi connectivity index (χ1n) is 5.03. The van der Waals surface area contributed by atoms with Crippen LogP contribution < -0.4 is 0 Å². The van der Waals surface area contributed by atoms with Crippen molar-refractivity contribution in [2.24, 2.45) is 0 Å². The van der Waals surface area contributed by atoms with Gasteiger partial charge in [0, 0.05) is 19.3 Å². The van der Waals surface area contributed by atoms with Crippen LogP contribution in [-0.2, 0) is 10.0 Å². The van der Waals surface area contributed by atoms with Gasteiger partial charge in [-0.1, -0.05) is 6.92 Å². The molecule has 1 N–H and O–H groups in total. The highest BCUT2D eigenvalue weighted by Crippen LogP contribution is 2.14. The monoisotopic (exact) mass is 255 g/mol. The Morgan fingerprint density at radius 2 is 2.24 bits per heavy atom. The van der Waals surface area contributed by atoms with E-state index in [2.05, 4.69) is 4.98 Å². The average Bonchev–Trinajstić information content (AvgIpc) is 2.35. The number of pyridine rings is 1. The molecule has 1 heterocycles. The van der Waals surface area contributed by atoms with Gasteiger partial charge in [0.1, 0.15) is 16.7 Å². The summed E-state index contributed by atoms with van der Waals surface area (Å²) in [6.45, 7) is 1.75. The lowest BCUT2D eigenvalue weighted by Gasteiger charge is -2.18. The lowest BCUT2D eigenvalue weighted by atomic mass is 10.4. The summed E-state index contributed by atoms with van der Waals surface area (Å²) in [5.74, 6) is 0. The summed E-state index contributed by atoms with van der Waals surface area (Å²) in [5.41, 5.74) is 0.161. The van der Waals surface area contributed by atoms with Gasteiger partial charge in [0.05, 0.1) is 6.61 Å². The smallest absolute Gasteiger partial charge is 0.244 e. The van der Waals surface area contributed by atoms with E-state index in [1.807, 2.05) is 6.07 Å². The van der Waals surface area contributed by atoms with Gasteiger partial charge in [-0.25, -0.2) is 13.4 Å². The van der Waals surface area contributed by atoms with E-state index in [0.717, 1.165) is 10.5 Å². The van der Waals surface area contributed by atoms with Crippen molar-refractivity contribution in [1.82, 2.24) is 9.29 Å². The van der Waals surface area contributed by atoms with Crippen LogP contribution in [0.2, 0.25) is 0 Å². The Kier molecular flexibility index (Phi) is 4.57. The zero-order valence-corrected chi connectivity index (χ0v) is 10.2. The van der Waals surface area contributed by atoms with Gasteiger partial charge in [0.15, 0.2) is 0 Å². The van der Waals surface area contributed by atoms with Crippen LogP contribution in [-0.4, -0.2) is 42.5 Å². The van der Waals surface area contributed by atoms with Crippen molar-refractivity contribution in [2.45, 2.75) is 11.8 Å². The minimum atomic E-state index is -3.64. The van der Waals surface area contributed by atoms with E-state index in [1.54, 1.807) is 6.92 Å². The Balaban J connectivity index is 3.08. The summed E-state index contributed by atoms with van der Waals surface area (Å²) in [6.07, 6.45) is 1.15. The van der Waals surface area contributed by atoms with Crippen molar-refractivity contribution < 1.29 is 13.5 Å². The lowest BCUT2D eigenvalue weighted by molar-refractivity contribution is 0.257. The predicted octanol–water partition coefficient (Wildman–Crippen LogP) is -0.0438. The summed E-state index contributed by atoms with van der Waals surface area (Å²) < 4.78 is 25.2. The molecule has 6 nitrogen and oxygen atoms in total. The van der Waals surface area contributed by atoms with Crippen molar-refractivity contribution >= 4 is 10.0 Å². The fourth-order valence-electron chi connectivity index (χ4n) is 1.31. The molecule has 0 bridgehead atoms. The molecule has 0 unspecified atom stereocenters. The van der Waals surface area contributed by atoms with Crippen LogP contribution in [0.1, 0.15) is 12.6 Å². The Morgan fingerprint density at radius 1 is 1.53 bits per heavy atom. The molecule has 0 aliphatic heterocycles. The lowest BCUT2D eigenvalue weighted by Crippen LogP contribution is -2.33. The Morgan fingerprint density at radius 3 is 2.65 bits per heavy atom. The van der Waals surface area contributed by atoms with E-state index in [4.69, 9.17) is 10.4 Å². The molecule has 0 fully saturated rings. The molecule has 0 spiro atoms. The second-order valence-corrected chi connectivity index (χ2v) is 5.15. The van der Waals surface area contributed by atoms with Crippen molar-refractivity contribution in [3.8, 4) is 6.07 Å². The molecule has 17 heavy (non-hydrogen) atoms. The van der Waals surface area contributed by atoms with E-state index in [9.17, 15) is 8.42 Å². The number of sulfonamides is 1. The first-order chi connectivity index (χ1) is 8.06. The molecule has 0 amide bonds. The maximum absolute atomic E-state index is 12.0. The fraction of sp³-hybridized carbons (Fsp3) is 0.400. The molecule has 0 saturated carbocycles. The quantitative estimate of drug-likeness (QED) is 0.796. The molecular weight excluding hydrogens is 242 g/mol. The van der Waals surface area contributed by atoms with Gasteiger partial charge in [-0.15, -0.1) is 0 Å². The predicted molar refractivity (Wildman–Crippen MR) is 60.5 cm³/mol. The molecule has 1 aromatic heterocycles. The van der Waals surface area contributed by atoms with Crippen LogP contribution in [0.15, 0.2) is 23.2 Å². The third-order valence-electron chi connectivity index (χ3n) is 2.19. The normalized spacial score (nSPS) is 11.4. The second-order valence-electron chi connectivity index (χ2n) is 3.21. The highest BCUT2D eigenvalue weighted by atomic mass is 32.2. The number of hydrogen-bond acceptors (Lipinski definition) is 5. The standard InChI is InChI=1S/C10H13N3O3S/c1-2-13(5-6-14)17(15,16)10-4-3-9(7-11)12-8-10/h3-4,8,14H,2,5-6H2,1H3. The number of aliphatic hydroxyl groups is 1. The molecule has 0 atom stereocenters. The molecular formula is C10H13N3O3S. The number of nitriles is 1. The fourth-order valence-corrected chi connectivity index (χ4v) is 2.69. The maximum atomic E-state index is 12.0. The van der Waals surface area contributed by atoms with Gasteiger partial charge in [-0.3, -0.25) is 0 Å². The van der Waals surface area contributed by atoms with Crippen LogP contribution in [0.5, 0.6) is 0 Å². The van der Waals surface area contributed by atoms with Crippen LogP contribution in [0.25, 0.3) is 0 Å². The molecule has 1 aromatic rings. The Labute approximate surface area is 100 Å². The van der Waals surface area contributed by atoms with Gasteiger partial charge in [0.25, 0.3) is 0 Å². The first-order valence-corrected chi connectivity index (χ1v) is 6.47. The van der Waals surface area contributed by atoms with Gasteiger partial charge >= 0.3 is 0 Å².